The number of pyridine rings is 1. The fourth-order valence-corrected chi connectivity index (χ4v) is 4.27. The van der Waals surface area contributed by atoms with E-state index < -0.39 is 0 Å². The number of amides is 2. The minimum absolute atomic E-state index is 0.0343. The number of aromatic nitrogens is 1. The molecule has 0 radical (unpaired) electrons. The van der Waals surface area contributed by atoms with Gasteiger partial charge in [0.2, 0.25) is 5.91 Å². The van der Waals surface area contributed by atoms with Crippen LogP contribution < -0.4 is 5.73 Å². The third kappa shape index (κ3) is 4.94. The predicted octanol–water partition coefficient (Wildman–Crippen LogP) is 3.73. The Morgan fingerprint density at radius 1 is 1.17 bits per heavy atom. The van der Waals surface area contributed by atoms with Crippen LogP contribution in [0.3, 0.4) is 0 Å². The monoisotopic (exact) mass is 448 g/mol. The summed E-state index contributed by atoms with van der Waals surface area (Å²) in [7, 11) is 0. The molecule has 1 saturated heterocycles. The van der Waals surface area contributed by atoms with E-state index in [1.165, 1.54) is 0 Å². The van der Waals surface area contributed by atoms with Gasteiger partial charge in [-0.2, -0.15) is 0 Å². The van der Waals surface area contributed by atoms with Gasteiger partial charge in [0.15, 0.2) is 0 Å². The number of nitrogens with two attached hydrogens (primary N) is 1. The normalized spacial score (nSPS) is 15.2. The Labute approximate surface area is 187 Å². The zero-order valence-corrected chi connectivity index (χ0v) is 18.8. The molecular formula is C22H26Cl2N4O2. The van der Waals surface area contributed by atoms with Crippen LogP contribution in [-0.4, -0.2) is 46.2 Å². The van der Waals surface area contributed by atoms with Crippen molar-refractivity contribution >= 4 is 35.0 Å². The Hall–Kier alpha value is -2.15. The molecule has 8 heteroatoms. The number of benzene rings is 1. The zero-order valence-electron chi connectivity index (χ0n) is 17.3. The van der Waals surface area contributed by atoms with Gasteiger partial charge in [0.05, 0.1) is 0 Å². The molecule has 2 aromatic rings. The average molecular weight is 449 g/mol. The number of hydrogen-bond donors (Lipinski definition) is 1. The third-order valence-corrected chi connectivity index (χ3v) is 5.99. The second-order valence-corrected chi connectivity index (χ2v) is 8.39. The number of likely N-dealkylation sites (tertiary alicyclic amines) is 1. The molecule has 1 aromatic heterocycles. The van der Waals surface area contributed by atoms with Gasteiger partial charge in [-0.05, 0) is 56.0 Å². The van der Waals surface area contributed by atoms with Crippen LogP contribution in [0.4, 0.5) is 0 Å². The Kier molecular flexibility index (Phi) is 7.34. The average Bonchev–Trinajstić information content (AvgIpc) is 3.33. The lowest BCUT2D eigenvalue weighted by Crippen LogP contribution is -2.39. The molecule has 0 aliphatic carbocycles. The van der Waals surface area contributed by atoms with Gasteiger partial charge in [-0.25, -0.2) is 4.98 Å². The van der Waals surface area contributed by atoms with Crippen LogP contribution in [0.25, 0.3) is 0 Å². The fourth-order valence-electron chi connectivity index (χ4n) is 3.83. The number of halogens is 2. The Morgan fingerprint density at radius 2 is 1.80 bits per heavy atom. The van der Waals surface area contributed by atoms with E-state index in [0.717, 1.165) is 48.3 Å². The number of carbonyl (C=O) groups is 2. The molecule has 4 rings (SSSR count). The van der Waals surface area contributed by atoms with Crippen LogP contribution in [0.2, 0.25) is 10.0 Å². The van der Waals surface area contributed by atoms with Crippen molar-refractivity contribution in [3.8, 4) is 0 Å². The molecule has 2 aliphatic rings. The van der Waals surface area contributed by atoms with Gasteiger partial charge >= 0.3 is 0 Å². The van der Waals surface area contributed by atoms with E-state index in [1.54, 1.807) is 23.1 Å². The van der Waals surface area contributed by atoms with Crippen LogP contribution in [0.1, 0.15) is 45.7 Å². The van der Waals surface area contributed by atoms with Gasteiger partial charge in [-0.1, -0.05) is 29.3 Å². The summed E-state index contributed by atoms with van der Waals surface area (Å²) in [6.07, 6.45) is 2.11. The predicted molar refractivity (Wildman–Crippen MR) is 119 cm³/mol. The molecule has 0 spiro atoms. The first kappa shape index (κ1) is 22.5. The summed E-state index contributed by atoms with van der Waals surface area (Å²) in [6.45, 7) is 6.49. The molecule has 1 aromatic carbocycles. The van der Waals surface area contributed by atoms with Gasteiger partial charge in [-0.15, -0.1) is 0 Å². The smallest absolute Gasteiger partial charge is 0.273 e. The molecular weight excluding hydrogens is 423 g/mol. The highest BCUT2D eigenvalue weighted by Gasteiger charge is 2.34. The molecule has 1 fully saturated rings. The van der Waals surface area contributed by atoms with Crippen molar-refractivity contribution in [3.05, 3.63) is 62.4 Å². The number of carbonyl (C=O) groups excluding carboxylic acids is 2. The van der Waals surface area contributed by atoms with E-state index in [1.807, 2.05) is 24.8 Å². The second kappa shape index (κ2) is 9.77. The SMILES string of the molecule is Cc1nc2c(c(C)c1CN)CN(CC(=O)N1CCCC1)C2=O.Clc1cccc(Cl)c1. The van der Waals surface area contributed by atoms with Crippen molar-refractivity contribution in [2.45, 2.75) is 39.8 Å². The summed E-state index contributed by atoms with van der Waals surface area (Å²) >= 11 is 11.1. The maximum absolute atomic E-state index is 12.5. The second-order valence-electron chi connectivity index (χ2n) is 7.52. The van der Waals surface area contributed by atoms with E-state index in [-0.39, 0.29) is 18.4 Å². The molecule has 0 unspecified atom stereocenters. The van der Waals surface area contributed by atoms with Crippen molar-refractivity contribution in [1.29, 1.82) is 0 Å². The van der Waals surface area contributed by atoms with E-state index >= 15 is 0 Å². The van der Waals surface area contributed by atoms with Crippen LogP contribution in [-0.2, 0) is 17.9 Å². The standard InChI is InChI=1S/C16H22N4O2.C6H4Cl2/c1-10-12(7-17)11(2)18-15-13(10)8-20(16(15)22)9-14(21)19-5-3-4-6-19;7-5-2-1-3-6(8)4-5/h3-9,17H2,1-2H3;1-4H. The quantitative estimate of drug-likeness (QED) is 0.775. The molecule has 2 N–H and O–H groups in total. The number of aryl methyl sites for hydroxylation is 1. The minimum atomic E-state index is -0.141. The highest BCUT2D eigenvalue weighted by Crippen LogP contribution is 2.28. The van der Waals surface area contributed by atoms with Gasteiger partial charge in [0.1, 0.15) is 12.2 Å². The minimum Gasteiger partial charge on any atom is -0.341 e. The third-order valence-electron chi connectivity index (χ3n) is 5.52. The van der Waals surface area contributed by atoms with Crippen molar-refractivity contribution < 1.29 is 9.59 Å². The molecule has 30 heavy (non-hydrogen) atoms. The number of nitrogens with zero attached hydrogens (tertiary/aromatic N) is 3. The first-order chi connectivity index (χ1) is 14.3. The summed E-state index contributed by atoms with van der Waals surface area (Å²) in [5.41, 5.74) is 10.0. The summed E-state index contributed by atoms with van der Waals surface area (Å²) in [4.78, 5) is 32.6. The van der Waals surface area contributed by atoms with Gasteiger partial charge in [-0.3, -0.25) is 9.59 Å². The Bertz CT molecular complexity index is 941. The number of rotatable bonds is 3. The molecule has 2 amide bonds. The highest BCUT2D eigenvalue weighted by molar-refractivity contribution is 6.34. The van der Waals surface area contributed by atoms with Crippen LogP contribution in [0.5, 0.6) is 0 Å². The number of hydrogen-bond acceptors (Lipinski definition) is 4. The summed E-state index contributed by atoms with van der Waals surface area (Å²) in [6, 6.07) is 7.08. The van der Waals surface area contributed by atoms with Crippen molar-refractivity contribution in [1.82, 2.24) is 14.8 Å². The maximum Gasteiger partial charge on any atom is 0.273 e. The van der Waals surface area contributed by atoms with Crippen LogP contribution in [0, 0.1) is 13.8 Å². The zero-order chi connectivity index (χ0) is 21.8. The van der Waals surface area contributed by atoms with E-state index in [2.05, 4.69) is 4.98 Å². The Balaban J connectivity index is 0.000000269. The Morgan fingerprint density at radius 3 is 2.33 bits per heavy atom. The fraction of sp³-hybridized carbons (Fsp3) is 0.409. The van der Waals surface area contributed by atoms with E-state index in [0.29, 0.717) is 28.8 Å². The molecule has 0 saturated carbocycles. The maximum atomic E-state index is 12.5. The van der Waals surface area contributed by atoms with Gasteiger partial charge in [0, 0.05) is 47.5 Å². The van der Waals surface area contributed by atoms with Gasteiger partial charge in [0.25, 0.3) is 5.91 Å². The number of fused-ring (bicyclic) bond motifs is 1. The molecule has 6 nitrogen and oxygen atoms in total. The topological polar surface area (TPSA) is 79.5 Å². The lowest BCUT2D eigenvalue weighted by molar-refractivity contribution is -0.130. The molecule has 3 heterocycles. The molecule has 160 valence electrons. The van der Waals surface area contributed by atoms with E-state index in [9.17, 15) is 9.59 Å². The van der Waals surface area contributed by atoms with E-state index in [4.69, 9.17) is 28.9 Å². The molecule has 2 aliphatic heterocycles. The molecule has 0 atom stereocenters. The largest absolute Gasteiger partial charge is 0.341 e. The first-order valence-electron chi connectivity index (χ1n) is 9.99. The van der Waals surface area contributed by atoms with Gasteiger partial charge < -0.3 is 15.5 Å². The lowest BCUT2D eigenvalue weighted by atomic mass is 10.0. The van der Waals surface area contributed by atoms with Crippen molar-refractivity contribution in [2.24, 2.45) is 5.73 Å². The summed E-state index contributed by atoms with van der Waals surface area (Å²) < 4.78 is 0. The molecule has 0 bridgehead atoms. The van der Waals surface area contributed by atoms with Crippen LogP contribution >= 0.6 is 23.2 Å². The van der Waals surface area contributed by atoms with Crippen LogP contribution in [0.15, 0.2) is 24.3 Å². The summed E-state index contributed by atoms with van der Waals surface area (Å²) in [5, 5.41) is 1.36. The van der Waals surface area contributed by atoms with Crippen molar-refractivity contribution in [2.75, 3.05) is 19.6 Å². The first-order valence-corrected chi connectivity index (χ1v) is 10.7. The highest BCUT2D eigenvalue weighted by atomic mass is 35.5. The lowest BCUT2D eigenvalue weighted by Gasteiger charge is -2.20. The van der Waals surface area contributed by atoms with Crippen molar-refractivity contribution in [3.63, 3.8) is 0 Å². The summed E-state index contributed by atoms with van der Waals surface area (Å²) in [5.74, 6) is -0.107.